The normalized spacial score (nSPS) is 14.3. The number of hydrogen-bond donors (Lipinski definition) is 3. The molecule has 2 unspecified atom stereocenters. The van der Waals surface area contributed by atoms with E-state index < -0.39 is 97.5 Å². The Morgan fingerprint density at radius 3 is 0.798 bits per heavy atom. The van der Waals surface area contributed by atoms with Crippen molar-refractivity contribution >= 4 is 39.5 Å². The van der Waals surface area contributed by atoms with Crippen LogP contribution in [-0.4, -0.2) is 96.7 Å². The zero-order chi connectivity index (χ0) is 76.0. The summed E-state index contributed by atoms with van der Waals surface area (Å²) in [6.07, 6.45) is 81.1. The SMILES string of the molecule is CC/C=C\C/C=C\C/C=C\C/C=C\C/C=C\CCCCCC(=O)O[C@H](COC(=O)CCCCCCCCCCCCCCCCC)COP(=O)(O)OC[C@H](O)COP(=O)(O)OC[C@@H](COC(=O)CCCCCCCCC/C=C\CCCCCC)OC(=O)CCCCCCCCC/C=C\CCCCCC. The minimum Gasteiger partial charge on any atom is -0.462 e. The Balaban J connectivity index is 5.38. The number of unbranched alkanes of at least 4 members (excludes halogenated alkanes) is 39. The Kier molecular flexibility index (Phi) is 74.6. The van der Waals surface area contributed by atoms with Gasteiger partial charge in [-0.05, 0) is 122 Å². The van der Waals surface area contributed by atoms with Crippen molar-refractivity contribution in [2.24, 2.45) is 0 Å². The van der Waals surface area contributed by atoms with Crippen molar-refractivity contribution in [2.75, 3.05) is 39.6 Å². The van der Waals surface area contributed by atoms with Gasteiger partial charge in [0.15, 0.2) is 12.2 Å². The van der Waals surface area contributed by atoms with Gasteiger partial charge in [0.1, 0.15) is 19.3 Å². The van der Waals surface area contributed by atoms with Crippen molar-refractivity contribution in [3.05, 3.63) is 85.1 Å². The van der Waals surface area contributed by atoms with Crippen LogP contribution in [0.4, 0.5) is 0 Å². The van der Waals surface area contributed by atoms with E-state index in [0.29, 0.717) is 25.7 Å². The number of ether oxygens (including phenoxy) is 4. The first kappa shape index (κ1) is 100. The van der Waals surface area contributed by atoms with E-state index in [1.807, 2.05) is 0 Å². The van der Waals surface area contributed by atoms with Gasteiger partial charge in [0.2, 0.25) is 0 Å². The summed E-state index contributed by atoms with van der Waals surface area (Å²) in [5.74, 6) is -2.19. The summed E-state index contributed by atoms with van der Waals surface area (Å²) < 4.78 is 68.7. The number of carbonyl (C=O) groups excluding carboxylic acids is 4. The van der Waals surface area contributed by atoms with E-state index in [0.717, 1.165) is 161 Å². The van der Waals surface area contributed by atoms with Gasteiger partial charge in [-0.25, -0.2) is 9.13 Å². The number of rotatable bonds is 79. The van der Waals surface area contributed by atoms with E-state index in [9.17, 15) is 43.2 Å². The molecular formula is C85H152O17P2. The maximum Gasteiger partial charge on any atom is 0.472 e. The zero-order valence-corrected chi connectivity index (χ0v) is 68.0. The molecule has 0 aromatic heterocycles. The molecule has 0 aliphatic heterocycles. The van der Waals surface area contributed by atoms with E-state index in [1.165, 1.54) is 135 Å². The van der Waals surface area contributed by atoms with Crippen LogP contribution in [0.25, 0.3) is 0 Å². The summed E-state index contributed by atoms with van der Waals surface area (Å²) in [6, 6.07) is 0. The van der Waals surface area contributed by atoms with Crippen molar-refractivity contribution in [2.45, 2.75) is 393 Å². The first-order valence-corrected chi connectivity index (χ1v) is 44.8. The predicted octanol–water partition coefficient (Wildman–Crippen LogP) is 24.6. The summed E-state index contributed by atoms with van der Waals surface area (Å²) in [5.41, 5.74) is 0. The Morgan fingerprint density at radius 2 is 0.500 bits per heavy atom. The van der Waals surface area contributed by atoms with E-state index in [-0.39, 0.29) is 25.7 Å². The van der Waals surface area contributed by atoms with Crippen LogP contribution in [0.3, 0.4) is 0 Å². The Morgan fingerprint density at radius 1 is 0.279 bits per heavy atom. The number of aliphatic hydroxyl groups is 1. The van der Waals surface area contributed by atoms with E-state index in [1.54, 1.807) is 0 Å². The second-order valence-corrected chi connectivity index (χ2v) is 30.9. The smallest absolute Gasteiger partial charge is 0.462 e. The van der Waals surface area contributed by atoms with Gasteiger partial charge in [-0.15, -0.1) is 0 Å². The molecule has 0 spiro atoms. The summed E-state index contributed by atoms with van der Waals surface area (Å²) in [5, 5.41) is 10.7. The van der Waals surface area contributed by atoms with Crippen molar-refractivity contribution in [1.29, 1.82) is 0 Å². The molecule has 0 fully saturated rings. The van der Waals surface area contributed by atoms with E-state index >= 15 is 0 Å². The molecule has 0 saturated carbocycles. The lowest BCUT2D eigenvalue weighted by molar-refractivity contribution is -0.161. The largest absolute Gasteiger partial charge is 0.472 e. The fourth-order valence-corrected chi connectivity index (χ4v) is 13.1. The second-order valence-electron chi connectivity index (χ2n) is 28.0. The molecule has 0 rings (SSSR count). The highest BCUT2D eigenvalue weighted by Gasteiger charge is 2.30. The molecule has 604 valence electrons. The van der Waals surface area contributed by atoms with Gasteiger partial charge in [-0.1, -0.05) is 312 Å². The standard InChI is InChI=1S/C85H152O17P2/c1-5-9-13-17-21-25-29-33-37-38-39-40-44-48-52-56-60-64-68-72-85(90)102-81(76-96-83(88)70-66-62-58-54-50-46-42-35-31-27-23-19-15-11-7-3)78-100-104(93,94)98-74-79(86)73-97-103(91,92)99-77-80(101-84(89)71-67-63-59-55-51-47-43-36-32-28-24-20-16-12-8-4)75-95-82(87)69-65-61-57-53-49-45-41-34-30-26-22-18-14-10-6-2/h9,13,21,25-26,28,30,32-33,37,39-40,48,52,79-81,86H,5-8,10-12,14-20,22-24,27,29,31,34-36,38,41-47,49-51,53-78H2,1-4H3,(H,91,92)(H,93,94)/b13-9-,25-21-,30-26-,32-28-,37-33-,40-39-,52-48-/t79-,80-,81-/m1/s1. The van der Waals surface area contributed by atoms with Gasteiger partial charge in [0.05, 0.1) is 26.4 Å². The maximum absolute atomic E-state index is 13.1. The molecule has 0 aliphatic carbocycles. The number of hydrogen-bond acceptors (Lipinski definition) is 15. The lowest BCUT2D eigenvalue weighted by Gasteiger charge is -2.21. The van der Waals surface area contributed by atoms with Crippen LogP contribution in [0, 0.1) is 0 Å². The van der Waals surface area contributed by atoms with Crippen LogP contribution >= 0.6 is 15.6 Å². The highest BCUT2D eigenvalue weighted by Crippen LogP contribution is 2.45. The quantitative estimate of drug-likeness (QED) is 0.0169. The fraction of sp³-hybridized carbons (Fsp3) is 0.788. The number of phosphoric acid groups is 2. The molecule has 0 aromatic carbocycles. The molecule has 3 N–H and O–H groups in total. The number of carbonyl (C=O) groups is 4. The molecule has 0 aliphatic rings. The monoisotopic (exact) mass is 1510 g/mol. The predicted molar refractivity (Wildman–Crippen MR) is 427 cm³/mol. The molecule has 0 heterocycles. The minimum absolute atomic E-state index is 0.0587. The number of phosphoric ester groups is 2. The van der Waals surface area contributed by atoms with Crippen molar-refractivity contribution < 1.29 is 80.2 Å². The van der Waals surface area contributed by atoms with Gasteiger partial charge in [0.25, 0.3) is 0 Å². The summed E-state index contributed by atoms with van der Waals surface area (Å²) in [4.78, 5) is 73.1. The Bertz CT molecular complexity index is 2300. The highest BCUT2D eigenvalue weighted by molar-refractivity contribution is 7.47. The molecule has 0 aromatic rings. The lowest BCUT2D eigenvalue weighted by atomic mass is 10.0. The van der Waals surface area contributed by atoms with Crippen LogP contribution in [0.1, 0.15) is 374 Å². The van der Waals surface area contributed by atoms with Crippen LogP contribution in [0.5, 0.6) is 0 Å². The molecular weight excluding hydrogens is 1350 g/mol. The van der Waals surface area contributed by atoms with Gasteiger partial charge in [-0.3, -0.25) is 37.3 Å². The fourth-order valence-electron chi connectivity index (χ4n) is 11.5. The molecule has 17 nitrogen and oxygen atoms in total. The van der Waals surface area contributed by atoms with Gasteiger partial charge < -0.3 is 33.8 Å². The van der Waals surface area contributed by atoms with E-state index in [2.05, 4.69) is 113 Å². The third kappa shape index (κ3) is 76.4. The van der Waals surface area contributed by atoms with Gasteiger partial charge >= 0.3 is 39.5 Å². The minimum atomic E-state index is -4.98. The average molecular weight is 1510 g/mol. The first-order chi connectivity index (χ1) is 50.7. The number of esters is 4. The van der Waals surface area contributed by atoms with Gasteiger partial charge in [-0.2, -0.15) is 0 Å². The van der Waals surface area contributed by atoms with Crippen LogP contribution in [0.2, 0.25) is 0 Å². The molecule has 0 saturated heterocycles. The summed E-state index contributed by atoms with van der Waals surface area (Å²) in [7, 11) is -9.96. The van der Waals surface area contributed by atoms with Gasteiger partial charge in [0, 0.05) is 25.7 Å². The lowest BCUT2D eigenvalue weighted by Crippen LogP contribution is -2.30. The third-order valence-electron chi connectivity index (χ3n) is 17.8. The Hall–Kier alpha value is -3.76. The zero-order valence-electron chi connectivity index (χ0n) is 66.2. The van der Waals surface area contributed by atoms with E-state index in [4.69, 9.17) is 37.0 Å². The van der Waals surface area contributed by atoms with Crippen molar-refractivity contribution in [3.63, 3.8) is 0 Å². The molecule has 0 amide bonds. The molecule has 0 radical (unpaired) electrons. The second kappa shape index (κ2) is 77.4. The van der Waals surface area contributed by atoms with Crippen molar-refractivity contribution in [1.82, 2.24) is 0 Å². The third-order valence-corrected chi connectivity index (χ3v) is 19.7. The average Bonchev–Trinajstić information content (AvgIpc) is 0.943. The number of aliphatic hydroxyl groups excluding tert-OH is 1. The van der Waals surface area contributed by atoms with Crippen LogP contribution in [0.15, 0.2) is 85.1 Å². The van der Waals surface area contributed by atoms with Crippen LogP contribution < -0.4 is 0 Å². The topological polar surface area (TPSA) is 237 Å². The van der Waals surface area contributed by atoms with Crippen LogP contribution in [-0.2, 0) is 65.4 Å². The highest BCUT2D eigenvalue weighted by atomic mass is 31.2. The molecule has 0 bridgehead atoms. The summed E-state index contributed by atoms with van der Waals surface area (Å²) >= 11 is 0. The Labute approximate surface area is 634 Å². The van der Waals surface area contributed by atoms with Crippen molar-refractivity contribution in [3.8, 4) is 0 Å². The summed E-state index contributed by atoms with van der Waals surface area (Å²) in [6.45, 7) is 4.77. The number of allylic oxidation sites excluding steroid dienone is 14. The maximum atomic E-state index is 13.1. The molecule has 104 heavy (non-hydrogen) atoms. The molecule has 5 atom stereocenters. The molecule has 19 heteroatoms. The first-order valence-electron chi connectivity index (χ1n) is 41.8.